The van der Waals surface area contributed by atoms with E-state index >= 15 is 0 Å². The second-order valence-corrected chi connectivity index (χ2v) is 12.0. The molecule has 2 unspecified atom stereocenters. The van der Waals surface area contributed by atoms with Crippen LogP contribution in [-0.2, 0) is 14.3 Å². The van der Waals surface area contributed by atoms with Gasteiger partial charge in [0.2, 0.25) is 11.8 Å². The monoisotopic (exact) mass is 538 g/mol. The smallest absolute Gasteiger partial charge is 0.257 e. The lowest BCUT2D eigenvalue weighted by atomic mass is 9.86. The van der Waals surface area contributed by atoms with Crippen LogP contribution in [0.3, 0.4) is 0 Å². The van der Waals surface area contributed by atoms with E-state index < -0.39 is 11.9 Å². The van der Waals surface area contributed by atoms with Gasteiger partial charge in [0.15, 0.2) is 0 Å². The maximum absolute atomic E-state index is 13.2. The molecular formula is C29H42N6O4. The summed E-state index contributed by atoms with van der Waals surface area (Å²) in [6.07, 6.45) is 8.17. The van der Waals surface area contributed by atoms with Crippen LogP contribution in [0.4, 0.5) is 5.82 Å². The summed E-state index contributed by atoms with van der Waals surface area (Å²) in [6, 6.07) is 2.84. The number of piperazine rings is 1. The number of ether oxygens (including phenoxy) is 1. The topological polar surface area (TPSA) is 107 Å². The molecule has 5 heterocycles. The number of carbonyl (C=O) groups excluding carboxylic acids is 3. The average molecular weight is 539 g/mol. The minimum absolute atomic E-state index is 0.180. The predicted octanol–water partition coefficient (Wildman–Crippen LogP) is 1.85. The number of hydrogen-bond donors (Lipinski definition) is 2. The lowest BCUT2D eigenvalue weighted by Gasteiger charge is -2.38. The summed E-state index contributed by atoms with van der Waals surface area (Å²) in [4.78, 5) is 48.6. The first-order valence-electron chi connectivity index (χ1n) is 15.0. The summed E-state index contributed by atoms with van der Waals surface area (Å²) in [5, 5.41) is 5.81. The van der Waals surface area contributed by atoms with Gasteiger partial charge in [-0.25, -0.2) is 4.98 Å². The van der Waals surface area contributed by atoms with Gasteiger partial charge in [-0.05, 0) is 69.9 Å². The molecule has 10 heteroatoms. The van der Waals surface area contributed by atoms with Gasteiger partial charge in [0, 0.05) is 52.2 Å². The first-order valence-corrected chi connectivity index (χ1v) is 15.0. The molecule has 4 fully saturated rings. The Morgan fingerprint density at radius 2 is 1.64 bits per heavy atom. The molecule has 0 bridgehead atoms. The highest BCUT2D eigenvalue weighted by atomic mass is 16.5. The lowest BCUT2D eigenvalue weighted by Crippen LogP contribution is -2.53. The van der Waals surface area contributed by atoms with E-state index in [9.17, 15) is 14.4 Å². The number of anilines is 1. The highest BCUT2D eigenvalue weighted by molar-refractivity contribution is 6.05. The van der Waals surface area contributed by atoms with Gasteiger partial charge >= 0.3 is 0 Å². The Kier molecular flexibility index (Phi) is 7.86. The number of rotatable bonds is 6. The van der Waals surface area contributed by atoms with Gasteiger partial charge in [0.1, 0.15) is 11.9 Å². The van der Waals surface area contributed by atoms with Crippen molar-refractivity contribution >= 4 is 23.5 Å². The van der Waals surface area contributed by atoms with E-state index in [1.807, 2.05) is 19.1 Å². The average Bonchev–Trinajstić information content (AvgIpc) is 3.20. The number of amides is 3. The number of fused-ring (bicyclic) bond motifs is 1. The van der Waals surface area contributed by atoms with Crippen LogP contribution >= 0.6 is 0 Å². The number of imide groups is 1. The first-order chi connectivity index (χ1) is 19.0. The van der Waals surface area contributed by atoms with E-state index in [0.717, 1.165) is 56.5 Å². The Morgan fingerprint density at radius 3 is 2.36 bits per heavy atom. The molecule has 1 saturated carbocycles. The number of nitrogens with zero attached hydrogens (tertiary/aromatic N) is 4. The standard InChI is InChI=1S/C29H42N6O4/c1-19-27-23(29(38)35(19)24-7-9-26(36)32-28(24)37)6-8-25(31-27)34-14-10-22(11-15-34)39-21-4-2-20(3-5-21)18-33-16-12-30-13-17-33/h6,8,19-22,24,30H,2-5,7,9-18H2,1H3,(H,32,36,37). The van der Waals surface area contributed by atoms with Gasteiger partial charge in [0.05, 0.1) is 29.5 Å². The Hall–Kier alpha value is -2.56. The number of pyridine rings is 1. The van der Waals surface area contributed by atoms with Gasteiger partial charge in [-0.3, -0.25) is 19.7 Å². The Morgan fingerprint density at radius 1 is 0.923 bits per heavy atom. The molecule has 5 aliphatic rings. The molecule has 3 amide bonds. The second kappa shape index (κ2) is 11.5. The van der Waals surface area contributed by atoms with E-state index in [2.05, 4.69) is 20.4 Å². The molecule has 0 spiro atoms. The summed E-state index contributed by atoms with van der Waals surface area (Å²) >= 11 is 0. The van der Waals surface area contributed by atoms with Crippen LogP contribution in [0.1, 0.15) is 80.4 Å². The van der Waals surface area contributed by atoms with Crippen molar-refractivity contribution in [3.63, 3.8) is 0 Å². The fourth-order valence-electron chi connectivity index (χ4n) is 7.15. The van der Waals surface area contributed by atoms with Gasteiger partial charge in [-0.15, -0.1) is 0 Å². The van der Waals surface area contributed by atoms with Crippen molar-refractivity contribution in [3.8, 4) is 0 Å². The molecule has 3 saturated heterocycles. The van der Waals surface area contributed by atoms with Crippen LogP contribution in [0.25, 0.3) is 0 Å². The molecule has 4 aliphatic heterocycles. The van der Waals surface area contributed by atoms with Crippen LogP contribution in [-0.4, -0.2) is 96.6 Å². The third-order valence-electron chi connectivity index (χ3n) is 9.40. The summed E-state index contributed by atoms with van der Waals surface area (Å²) < 4.78 is 6.57. The molecular weight excluding hydrogens is 496 g/mol. The molecule has 1 aromatic rings. The molecule has 2 N–H and O–H groups in total. The van der Waals surface area contributed by atoms with E-state index in [4.69, 9.17) is 9.72 Å². The molecule has 10 nitrogen and oxygen atoms in total. The van der Waals surface area contributed by atoms with Crippen molar-refractivity contribution < 1.29 is 19.1 Å². The minimum Gasteiger partial charge on any atom is -0.375 e. The van der Waals surface area contributed by atoms with Crippen molar-refractivity contribution in [1.29, 1.82) is 0 Å². The molecule has 0 aromatic carbocycles. The number of aromatic nitrogens is 1. The number of nitrogens with one attached hydrogen (secondary N) is 2. The van der Waals surface area contributed by atoms with E-state index in [1.165, 1.54) is 45.3 Å². The first kappa shape index (κ1) is 26.7. The Labute approximate surface area is 230 Å². The lowest BCUT2D eigenvalue weighted by molar-refractivity contribution is -0.137. The normalized spacial score (nSPS) is 30.9. The van der Waals surface area contributed by atoms with Crippen molar-refractivity contribution in [1.82, 2.24) is 25.4 Å². The van der Waals surface area contributed by atoms with Crippen molar-refractivity contribution in [2.45, 2.75) is 82.6 Å². The quantitative estimate of drug-likeness (QED) is 0.529. The Balaban J connectivity index is 0.992. The maximum Gasteiger partial charge on any atom is 0.257 e. The summed E-state index contributed by atoms with van der Waals surface area (Å²) in [7, 11) is 0. The third kappa shape index (κ3) is 5.69. The van der Waals surface area contributed by atoms with E-state index in [1.54, 1.807) is 4.90 Å². The number of piperidine rings is 2. The number of hydrogen-bond acceptors (Lipinski definition) is 8. The predicted molar refractivity (Wildman–Crippen MR) is 146 cm³/mol. The fraction of sp³-hybridized carbons (Fsp3) is 0.724. The molecule has 0 radical (unpaired) electrons. The van der Waals surface area contributed by atoms with Crippen LogP contribution in [0.5, 0.6) is 0 Å². The van der Waals surface area contributed by atoms with E-state index in [0.29, 0.717) is 24.2 Å². The molecule has 2 atom stereocenters. The summed E-state index contributed by atoms with van der Waals surface area (Å²) in [6.45, 7) is 9.54. The molecule has 6 rings (SSSR count). The molecule has 1 aromatic heterocycles. The van der Waals surface area contributed by atoms with Crippen LogP contribution in [0.2, 0.25) is 0 Å². The zero-order valence-corrected chi connectivity index (χ0v) is 23.1. The van der Waals surface area contributed by atoms with E-state index in [-0.39, 0.29) is 24.3 Å². The van der Waals surface area contributed by atoms with Gasteiger partial charge in [-0.2, -0.15) is 0 Å². The molecule has 1 aliphatic carbocycles. The zero-order chi connectivity index (χ0) is 26.9. The van der Waals surface area contributed by atoms with Gasteiger partial charge in [0.25, 0.3) is 5.91 Å². The van der Waals surface area contributed by atoms with Crippen molar-refractivity contribution in [3.05, 3.63) is 23.4 Å². The largest absolute Gasteiger partial charge is 0.375 e. The van der Waals surface area contributed by atoms with Crippen LogP contribution < -0.4 is 15.5 Å². The highest BCUT2D eigenvalue weighted by Crippen LogP contribution is 2.37. The number of carbonyl (C=O) groups is 3. The van der Waals surface area contributed by atoms with Crippen molar-refractivity contribution in [2.24, 2.45) is 5.92 Å². The fourth-order valence-corrected chi connectivity index (χ4v) is 7.15. The summed E-state index contributed by atoms with van der Waals surface area (Å²) in [5.41, 5.74) is 1.28. The second-order valence-electron chi connectivity index (χ2n) is 12.0. The highest BCUT2D eigenvalue weighted by Gasteiger charge is 2.44. The van der Waals surface area contributed by atoms with Crippen LogP contribution in [0.15, 0.2) is 12.1 Å². The van der Waals surface area contributed by atoms with Gasteiger partial charge in [-0.1, -0.05) is 0 Å². The Bertz CT molecular complexity index is 1080. The molecule has 212 valence electrons. The van der Waals surface area contributed by atoms with Crippen molar-refractivity contribution in [2.75, 3.05) is 50.7 Å². The minimum atomic E-state index is -0.632. The summed E-state index contributed by atoms with van der Waals surface area (Å²) in [5.74, 6) is 0.844. The maximum atomic E-state index is 13.2. The SMILES string of the molecule is CC1c2nc(N3CCC(OC4CCC(CN5CCNCC5)CC4)CC3)ccc2C(=O)N1C1CCC(=O)NC1=O. The molecule has 39 heavy (non-hydrogen) atoms. The third-order valence-corrected chi connectivity index (χ3v) is 9.40. The zero-order valence-electron chi connectivity index (χ0n) is 23.1. The van der Waals surface area contributed by atoms with Gasteiger partial charge < -0.3 is 24.8 Å². The van der Waals surface area contributed by atoms with Crippen LogP contribution in [0, 0.1) is 5.92 Å².